The Balaban J connectivity index is 2.36. The number of halogens is 1. The van der Waals surface area contributed by atoms with E-state index in [1.165, 1.54) is 0 Å². The molecule has 0 aliphatic rings. The maximum atomic E-state index is 11.6. The first-order valence-electron chi connectivity index (χ1n) is 5.63. The summed E-state index contributed by atoms with van der Waals surface area (Å²) in [4.78, 5) is 11.6. The van der Waals surface area contributed by atoms with E-state index in [0.29, 0.717) is 23.9 Å². The van der Waals surface area contributed by atoms with Crippen molar-refractivity contribution in [3.8, 4) is 0 Å². The minimum atomic E-state index is -0.334. The van der Waals surface area contributed by atoms with Gasteiger partial charge in [-0.3, -0.25) is 0 Å². The predicted octanol–water partition coefficient (Wildman–Crippen LogP) is 1.78. The number of nitrogens with one attached hydrogen (secondary N) is 2. The standard InChI is InChI=1S/C12H17ClN2O3/c1-9-3-2-4-10(13)11(9)15-12(17)14-5-7-18-8-6-16/h2-4,16H,5-8H2,1H3,(H2,14,15,17). The monoisotopic (exact) mass is 272 g/mol. The van der Waals surface area contributed by atoms with Gasteiger partial charge in [0, 0.05) is 6.54 Å². The van der Waals surface area contributed by atoms with Crippen LogP contribution in [0.1, 0.15) is 5.56 Å². The molecule has 0 aliphatic carbocycles. The first kappa shape index (κ1) is 14.8. The lowest BCUT2D eigenvalue weighted by molar-refractivity contribution is 0.0950. The van der Waals surface area contributed by atoms with E-state index >= 15 is 0 Å². The highest BCUT2D eigenvalue weighted by atomic mass is 35.5. The van der Waals surface area contributed by atoms with Crippen LogP contribution in [-0.2, 0) is 4.74 Å². The van der Waals surface area contributed by atoms with Crippen molar-refractivity contribution in [3.63, 3.8) is 0 Å². The van der Waals surface area contributed by atoms with E-state index in [1.54, 1.807) is 6.07 Å². The molecule has 2 amide bonds. The summed E-state index contributed by atoms with van der Waals surface area (Å²) in [6.45, 7) is 2.84. The van der Waals surface area contributed by atoms with Crippen molar-refractivity contribution >= 4 is 23.3 Å². The molecule has 0 radical (unpaired) electrons. The smallest absolute Gasteiger partial charge is 0.319 e. The number of rotatable bonds is 6. The van der Waals surface area contributed by atoms with Crippen molar-refractivity contribution in [3.05, 3.63) is 28.8 Å². The molecular formula is C12H17ClN2O3. The predicted molar refractivity (Wildman–Crippen MR) is 71.1 cm³/mol. The number of ether oxygens (including phenoxy) is 1. The Labute approximate surface area is 111 Å². The fourth-order valence-electron chi connectivity index (χ4n) is 1.35. The van der Waals surface area contributed by atoms with Crippen LogP contribution in [0.25, 0.3) is 0 Å². The molecule has 0 bridgehead atoms. The summed E-state index contributed by atoms with van der Waals surface area (Å²) < 4.78 is 5.01. The summed E-state index contributed by atoms with van der Waals surface area (Å²) in [6.07, 6.45) is 0. The molecule has 0 aliphatic heterocycles. The number of amides is 2. The van der Waals surface area contributed by atoms with Gasteiger partial charge in [-0.1, -0.05) is 23.7 Å². The second kappa shape index (κ2) is 7.92. The molecular weight excluding hydrogens is 256 g/mol. The third kappa shape index (κ3) is 4.91. The topological polar surface area (TPSA) is 70.6 Å². The molecule has 0 aromatic heterocycles. The van der Waals surface area contributed by atoms with E-state index in [-0.39, 0.29) is 19.2 Å². The Morgan fingerprint density at radius 1 is 1.44 bits per heavy atom. The zero-order valence-corrected chi connectivity index (χ0v) is 11.0. The summed E-state index contributed by atoms with van der Waals surface area (Å²) in [7, 11) is 0. The molecule has 3 N–H and O–H groups in total. The van der Waals surface area contributed by atoms with Crippen LogP contribution in [0, 0.1) is 6.92 Å². The molecule has 0 saturated carbocycles. The molecule has 0 unspecified atom stereocenters. The molecule has 1 aromatic rings. The average Bonchev–Trinajstić information content (AvgIpc) is 2.34. The van der Waals surface area contributed by atoms with Crippen LogP contribution in [-0.4, -0.2) is 37.5 Å². The number of carbonyl (C=O) groups is 1. The number of anilines is 1. The molecule has 0 saturated heterocycles. The highest BCUT2D eigenvalue weighted by Crippen LogP contribution is 2.24. The molecule has 0 fully saturated rings. The summed E-state index contributed by atoms with van der Waals surface area (Å²) in [5.41, 5.74) is 1.50. The maximum Gasteiger partial charge on any atom is 0.319 e. The average molecular weight is 273 g/mol. The van der Waals surface area contributed by atoms with Gasteiger partial charge in [0.2, 0.25) is 0 Å². The molecule has 1 aromatic carbocycles. The van der Waals surface area contributed by atoms with Crippen LogP contribution >= 0.6 is 11.6 Å². The number of urea groups is 1. The molecule has 0 spiro atoms. The van der Waals surface area contributed by atoms with E-state index < -0.39 is 0 Å². The molecule has 5 nitrogen and oxygen atoms in total. The van der Waals surface area contributed by atoms with Crippen molar-refractivity contribution in [1.82, 2.24) is 5.32 Å². The minimum Gasteiger partial charge on any atom is -0.394 e. The molecule has 0 heterocycles. The second-order valence-corrected chi connectivity index (χ2v) is 4.06. The molecule has 18 heavy (non-hydrogen) atoms. The van der Waals surface area contributed by atoms with Crippen LogP contribution in [0.5, 0.6) is 0 Å². The minimum absolute atomic E-state index is 0.0228. The van der Waals surface area contributed by atoms with Gasteiger partial charge in [0.05, 0.1) is 30.5 Å². The summed E-state index contributed by atoms with van der Waals surface area (Å²) in [5, 5.41) is 14.3. The van der Waals surface area contributed by atoms with Crippen LogP contribution < -0.4 is 10.6 Å². The number of hydrogen-bond acceptors (Lipinski definition) is 3. The number of hydrogen-bond donors (Lipinski definition) is 3. The first-order valence-corrected chi connectivity index (χ1v) is 6.01. The number of carbonyl (C=O) groups excluding carboxylic acids is 1. The van der Waals surface area contributed by atoms with Crippen molar-refractivity contribution in [2.75, 3.05) is 31.7 Å². The molecule has 100 valence electrons. The van der Waals surface area contributed by atoms with Crippen LogP contribution in [0.2, 0.25) is 5.02 Å². The Bertz CT molecular complexity index is 379. The second-order valence-electron chi connectivity index (χ2n) is 3.65. The number of benzene rings is 1. The number of para-hydroxylation sites is 1. The zero-order valence-electron chi connectivity index (χ0n) is 10.2. The van der Waals surface area contributed by atoms with Gasteiger partial charge >= 0.3 is 6.03 Å². The summed E-state index contributed by atoms with van der Waals surface area (Å²) in [5.74, 6) is 0. The van der Waals surface area contributed by atoms with Gasteiger partial charge in [-0.25, -0.2) is 4.79 Å². The Kier molecular flexibility index (Phi) is 6.49. The largest absolute Gasteiger partial charge is 0.394 e. The lowest BCUT2D eigenvalue weighted by atomic mass is 10.2. The van der Waals surface area contributed by atoms with Crippen LogP contribution in [0.3, 0.4) is 0 Å². The van der Waals surface area contributed by atoms with Gasteiger partial charge in [0.25, 0.3) is 0 Å². The van der Waals surface area contributed by atoms with E-state index in [2.05, 4.69) is 10.6 Å². The number of aliphatic hydroxyl groups excluding tert-OH is 1. The van der Waals surface area contributed by atoms with Gasteiger partial charge in [0.15, 0.2) is 0 Å². The van der Waals surface area contributed by atoms with E-state index in [1.807, 2.05) is 19.1 Å². The highest BCUT2D eigenvalue weighted by Gasteiger charge is 2.07. The first-order chi connectivity index (χ1) is 8.65. The zero-order chi connectivity index (χ0) is 13.4. The van der Waals surface area contributed by atoms with E-state index in [0.717, 1.165) is 5.56 Å². The maximum absolute atomic E-state index is 11.6. The lowest BCUT2D eigenvalue weighted by Gasteiger charge is -2.11. The van der Waals surface area contributed by atoms with E-state index in [9.17, 15) is 4.79 Å². The molecule has 6 heteroatoms. The van der Waals surface area contributed by atoms with E-state index in [4.69, 9.17) is 21.4 Å². The van der Waals surface area contributed by atoms with Gasteiger partial charge in [-0.2, -0.15) is 0 Å². The Morgan fingerprint density at radius 3 is 2.89 bits per heavy atom. The van der Waals surface area contributed by atoms with Crippen molar-refractivity contribution in [2.24, 2.45) is 0 Å². The Hall–Kier alpha value is -1.30. The van der Waals surface area contributed by atoms with Gasteiger partial charge in [-0.05, 0) is 18.6 Å². The van der Waals surface area contributed by atoms with Gasteiger partial charge < -0.3 is 20.5 Å². The van der Waals surface area contributed by atoms with Gasteiger partial charge in [-0.15, -0.1) is 0 Å². The van der Waals surface area contributed by atoms with Crippen LogP contribution in [0.4, 0.5) is 10.5 Å². The Morgan fingerprint density at radius 2 is 2.22 bits per heavy atom. The summed E-state index contributed by atoms with van der Waals surface area (Å²) in [6, 6.07) is 5.07. The fraction of sp³-hybridized carbons (Fsp3) is 0.417. The molecule has 1 rings (SSSR count). The van der Waals surface area contributed by atoms with Crippen molar-refractivity contribution in [1.29, 1.82) is 0 Å². The van der Waals surface area contributed by atoms with Crippen molar-refractivity contribution < 1.29 is 14.6 Å². The SMILES string of the molecule is Cc1cccc(Cl)c1NC(=O)NCCOCCO. The third-order valence-corrected chi connectivity index (χ3v) is 2.54. The highest BCUT2D eigenvalue weighted by molar-refractivity contribution is 6.33. The van der Waals surface area contributed by atoms with Crippen LogP contribution in [0.15, 0.2) is 18.2 Å². The fourth-order valence-corrected chi connectivity index (χ4v) is 1.62. The van der Waals surface area contributed by atoms with Crippen molar-refractivity contribution in [2.45, 2.75) is 6.92 Å². The normalized spacial score (nSPS) is 10.2. The lowest BCUT2D eigenvalue weighted by Crippen LogP contribution is -2.32. The third-order valence-electron chi connectivity index (χ3n) is 2.23. The summed E-state index contributed by atoms with van der Waals surface area (Å²) >= 11 is 5.98. The number of aliphatic hydroxyl groups is 1. The van der Waals surface area contributed by atoms with Gasteiger partial charge in [0.1, 0.15) is 0 Å². The number of aryl methyl sites for hydroxylation is 1. The quantitative estimate of drug-likeness (QED) is 0.692. The molecule has 0 atom stereocenters.